The van der Waals surface area contributed by atoms with Crippen molar-refractivity contribution < 1.29 is 58.8 Å². The van der Waals surface area contributed by atoms with Gasteiger partial charge in [0.05, 0.1) is 0 Å². The number of imide groups is 2. The number of rotatable bonds is 12. The van der Waals surface area contributed by atoms with E-state index in [0.717, 1.165) is 9.80 Å². The zero-order valence-corrected chi connectivity index (χ0v) is 32.2. The molecule has 0 aliphatic carbocycles. The number of fused-ring (bicyclic) bond motifs is 2. The average Bonchev–Trinajstić information content (AvgIpc) is 3.25. The highest BCUT2D eigenvalue weighted by molar-refractivity contribution is 6.41. The number of hydrogen-bond donors (Lipinski definition) is 6. The Bertz CT molecular complexity index is 2810. The number of carbonyl (C=O) groups is 8. The first kappa shape index (κ1) is 39.1. The van der Waals surface area contributed by atoms with Crippen molar-refractivity contribution >= 4 is 90.5 Å². The van der Waals surface area contributed by atoms with E-state index < -0.39 is 72.6 Å². The number of nitrogens with zero attached hydrogens (tertiary/aromatic N) is 2. The zero-order valence-electron chi connectivity index (χ0n) is 32.2. The highest BCUT2D eigenvalue weighted by Gasteiger charge is 2.39. The number of phenolic OH excluding ortho intramolecular Hbond substituents is 2. The second-order valence-corrected chi connectivity index (χ2v) is 15.2. The summed E-state index contributed by atoms with van der Waals surface area (Å²) in [6, 6.07) is 21.6. The summed E-state index contributed by atoms with van der Waals surface area (Å²) >= 11 is 0. The van der Waals surface area contributed by atoms with Crippen LogP contribution in [0.5, 0.6) is 11.5 Å². The number of hydrogen-bond acceptors (Lipinski definition) is 10. The average molecular weight is 833 g/mol. The molecule has 0 unspecified atom stereocenters. The van der Waals surface area contributed by atoms with Gasteiger partial charge < -0.3 is 31.1 Å². The summed E-state index contributed by atoms with van der Waals surface area (Å²) in [5, 5.41) is 47.8. The minimum Gasteiger partial charge on any atom is -0.508 e. The summed E-state index contributed by atoms with van der Waals surface area (Å²) in [7, 11) is 0. The molecular formula is C46H32N4O12. The molecule has 7 aromatic carbocycles. The van der Waals surface area contributed by atoms with Crippen LogP contribution in [0.15, 0.2) is 97.1 Å². The Balaban J connectivity index is 1.01. The standard InChI is InChI=1S/C46H32N4O12/c51-23-5-1-21(2-6-23)17-33(45(59)60)47-35(53)19-49-41(55)29-13-9-25-27-11-15-31-40-32(16-12-28(38(27)40)26-10-14-30(42(49)56)39(29)37(25)26)44(58)50(43(31)57)20-36(54)48-34(46(61)62)18-22-3-7-24(52)8-4-22/h1-16,33-34,51-52H,17-20H2,(H,47,53)(H,48,54)(H,59,60)(H,61,62)/t33-,34-/m0/s1. The van der Waals surface area contributed by atoms with E-state index in [1.807, 2.05) is 0 Å². The lowest BCUT2D eigenvalue weighted by molar-refractivity contribution is -0.142. The molecule has 0 radical (unpaired) electrons. The molecular weight excluding hydrogens is 801 g/mol. The number of carbonyl (C=O) groups excluding carboxylic acids is 6. The summed E-state index contributed by atoms with van der Waals surface area (Å²) in [5.74, 6) is -7.52. The number of phenols is 2. The lowest BCUT2D eigenvalue weighted by Gasteiger charge is -2.30. The van der Waals surface area contributed by atoms with E-state index in [0.29, 0.717) is 54.2 Å². The first-order valence-electron chi connectivity index (χ1n) is 19.2. The highest BCUT2D eigenvalue weighted by Crippen LogP contribution is 2.46. The molecule has 0 aromatic heterocycles. The minimum absolute atomic E-state index is 0.0164. The fourth-order valence-corrected chi connectivity index (χ4v) is 8.56. The Morgan fingerprint density at radius 3 is 1.00 bits per heavy atom. The Morgan fingerprint density at radius 1 is 0.435 bits per heavy atom. The lowest BCUT2D eigenvalue weighted by atomic mass is 9.82. The van der Waals surface area contributed by atoms with E-state index in [2.05, 4.69) is 10.6 Å². The van der Waals surface area contributed by atoms with Crippen LogP contribution < -0.4 is 10.6 Å². The third-order valence-electron chi connectivity index (χ3n) is 11.4. The maximum Gasteiger partial charge on any atom is 0.326 e. The first-order valence-corrected chi connectivity index (χ1v) is 19.2. The van der Waals surface area contributed by atoms with Crippen LogP contribution in [0.4, 0.5) is 0 Å². The molecule has 2 heterocycles. The van der Waals surface area contributed by atoms with Crippen molar-refractivity contribution in [2.45, 2.75) is 24.9 Å². The van der Waals surface area contributed by atoms with Crippen molar-refractivity contribution in [3.05, 3.63) is 130 Å². The van der Waals surface area contributed by atoms with Crippen molar-refractivity contribution in [1.29, 1.82) is 0 Å². The Hall–Kier alpha value is -8.40. The van der Waals surface area contributed by atoms with E-state index in [-0.39, 0.29) is 46.6 Å². The second kappa shape index (κ2) is 14.7. The van der Waals surface area contributed by atoms with Crippen LogP contribution in [0.25, 0.3) is 43.1 Å². The van der Waals surface area contributed by atoms with Gasteiger partial charge in [0, 0.05) is 45.9 Å². The van der Waals surface area contributed by atoms with Gasteiger partial charge in [0.15, 0.2) is 0 Å². The number of carboxylic acids is 2. The molecule has 0 bridgehead atoms. The lowest BCUT2D eigenvalue weighted by Crippen LogP contribution is -2.50. The van der Waals surface area contributed by atoms with Crippen molar-refractivity contribution in [1.82, 2.24) is 20.4 Å². The number of carboxylic acid groups (broad SMARTS) is 2. The van der Waals surface area contributed by atoms with Crippen LogP contribution >= 0.6 is 0 Å². The molecule has 0 fully saturated rings. The van der Waals surface area contributed by atoms with Gasteiger partial charge in [-0.15, -0.1) is 0 Å². The largest absolute Gasteiger partial charge is 0.508 e. The van der Waals surface area contributed by atoms with Gasteiger partial charge in [0.1, 0.15) is 36.7 Å². The molecule has 2 atom stereocenters. The second-order valence-electron chi connectivity index (χ2n) is 15.2. The Kier molecular flexibility index (Phi) is 9.27. The molecule has 16 heteroatoms. The summed E-state index contributed by atoms with van der Waals surface area (Å²) in [5.41, 5.74) is 1.57. The Labute approximate surface area is 348 Å². The van der Waals surface area contributed by atoms with Gasteiger partial charge in [-0.2, -0.15) is 0 Å². The summed E-state index contributed by atoms with van der Waals surface area (Å²) < 4.78 is 0. The van der Waals surface area contributed by atoms with Crippen molar-refractivity contribution in [3.8, 4) is 11.5 Å². The molecule has 16 nitrogen and oxygen atoms in total. The van der Waals surface area contributed by atoms with Crippen molar-refractivity contribution in [3.63, 3.8) is 0 Å². The smallest absolute Gasteiger partial charge is 0.326 e. The van der Waals surface area contributed by atoms with E-state index in [1.54, 1.807) is 24.3 Å². The quantitative estimate of drug-likeness (QED) is 0.0582. The van der Waals surface area contributed by atoms with E-state index >= 15 is 0 Å². The molecule has 7 aromatic rings. The van der Waals surface area contributed by atoms with Gasteiger partial charge in [-0.1, -0.05) is 48.5 Å². The van der Waals surface area contributed by atoms with Crippen LogP contribution in [0.1, 0.15) is 52.6 Å². The molecule has 6 amide bonds. The normalized spacial score (nSPS) is 14.5. The number of nitrogens with one attached hydrogen (secondary N) is 2. The molecule has 2 aliphatic rings. The maximum absolute atomic E-state index is 14.0. The summed E-state index contributed by atoms with van der Waals surface area (Å²) in [4.78, 5) is 108. The van der Waals surface area contributed by atoms with E-state index in [1.165, 1.54) is 72.8 Å². The van der Waals surface area contributed by atoms with Gasteiger partial charge >= 0.3 is 11.9 Å². The summed E-state index contributed by atoms with van der Waals surface area (Å²) in [6.07, 6.45) is -0.241. The number of aromatic hydroxyl groups is 2. The molecule has 0 saturated carbocycles. The fourth-order valence-electron chi connectivity index (χ4n) is 8.56. The van der Waals surface area contributed by atoms with Crippen molar-refractivity contribution in [2.24, 2.45) is 0 Å². The first-order chi connectivity index (χ1) is 29.7. The van der Waals surface area contributed by atoms with Gasteiger partial charge in [0.25, 0.3) is 23.6 Å². The van der Waals surface area contributed by atoms with E-state index in [9.17, 15) is 58.8 Å². The van der Waals surface area contributed by atoms with Crippen LogP contribution in [-0.4, -0.2) is 103 Å². The monoisotopic (exact) mass is 832 g/mol. The molecule has 9 rings (SSSR count). The topological polar surface area (TPSA) is 248 Å². The third kappa shape index (κ3) is 6.41. The summed E-state index contributed by atoms with van der Waals surface area (Å²) in [6.45, 7) is -1.51. The van der Waals surface area contributed by atoms with Crippen LogP contribution in [-0.2, 0) is 32.0 Å². The van der Waals surface area contributed by atoms with Crippen LogP contribution in [0.3, 0.4) is 0 Å². The highest BCUT2D eigenvalue weighted by atomic mass is 16.4. The molecule has 0 spiro atoms. The van der Waals surface area contributed by atoms with Crippen LogP contribution in [0.2, 0.25) is 0 Å². The molecule has 6 N–H and O–H groups in total. The van der Waals surface area contributed by atoms with Gasteiger partial charge in [-0.05, 0) is 92.0 Å². The Morgan fingerprint density at radius 2 is 0.726 bits per heavy atom. The van der Waals surface area contributed by atoms with Gasteiger partial charge in [-0.3, -0.25) is 38.6 Å². The minimum atomic E-state index is -1.39. The molecule has 308 valence electrons. The molecule has 2 aliphatic heterocycles. The number of benzene rings is 7. The molecule has 0 saturated heterocycles. The molecule has 62 heavy (non-hydrogen) atoms. The van der Waals surface area contributed by atoms with E-state index in [4.69, 9.17) is 0 Å². The SMILES string of the molecule is O=C(CN1C(=O)c2ccc3c4ccc5c6c(ccc(c7ccc(c2c37)C1=O)c64)C(=O)N(CC(=O)N[C@@H](Cc1ccc(O)cc1)C(=O)O)C5=O)N[C@@H](Cc1ccc(O)cc1)C(=O)O. The van der Waals surface area contributed by atoms with Gasteiger partial charge in [0.2, 0.25) is 11.8 Å². The predicted molar refractivity (Wildman–Crippen MR) is 221 cm³/mol. The predicted octanol–water partition coefficient (Wildman–Crippen LogP) is 3.96. The van der Waals surface area contributed by atoms with Crippen LogP contribution in [0, 0.1) is 0 Å². The third-order valence-corrected chi connectivity index (χ3v) is 11.4. The fraction of sp³-hybridized carbons (Fsp3) is 0.130. The van der Waals surface area contributed by atoms with Crippen molar-refractivity contribution in [2.75, 3.05) is 13.1 Å². The number of aliphatic carboxylic acids is 2. The zero-order chi connectivity index (χ0) is 43.7. The number of amides is 6. The van der Waals surface area contributed by atoms with Gasteiger partial charge in [-0.25, -0.2) is 9.59 Å². The maximum atomic E-state index is 14.0.